The number of ether oxygens (including phenoxy) is 1. The summed E-state index contributed by atoms with van der Waals surface area (Å²) in [6.07, 6.45) is 3.01. The molecule has 1 aliphatic heterocycles. The molecule has 0 saturated carbocycles. The fraction of sp³-hybridized carbons (Fsp3) is 0.440. The third-order valence-electron chi connectivity index (χ3n) is 6.88. The van der Waals surface area contributed by atoms with Crippen molar-refractivity contribution in [2.24, 2.45) is 0 Å². The van der Waals surface area contributed by atoms with Crippen molar-refractivity contribution in [3.05, 3.63) is 59.3 Å². The standard InChI is InChI=1S/C25H32N4O/c1-16-8-7-9-21(17(16)2)18(3)27-24-22-14-20(11-10-19(22)15-26-28-24)30-23-12-13-29(6)25(23,4)5/h7-11,14-15,18,23H,12-13H2,1-6H3,(H,27,28)/t18-,23?/m1/s1. The van der Waals surface area contributed by atoms with E-state index in [1.54, 1.807) is 6.20 Å². The first-order valence-corrected chi connectivity index (χ1v) is 10.7. The van der Waals surface area contributed by atoms with Gasteiger partial charge in [0.1, 0.15) is 11.9 Å². The van der Waals surface area contributed by atoms with E-state index in [-0.39, 0.29) is 17.7 Å². The van der Waals surface area contributed by atoms with Crippen LogP contribution in [0.2, 0.25) is 0 Å². The second kappa shape index (κ2) is 7.88. The average Bonchev–Trinajstić information content (AvgIpc) is 2.97. The molecule has 158 valence electrons. The predicted octanol–water partition coefficient (Wildman–Crippen LogP) is 5.28. The molecule has 2 heterocycles. The van der Waals surface area contributed by atoms with Crippen molar-refractivity contribution in [1.82, 2.24) is 15.1 Å². The largest absolute Gasteiger partial charge is 0.488 e. The number of anilines is 1. The minimum Gasteiger partial charge on any atom is -0.488 e. The molecule has 1 aliphatic rings. The molecule has 5 nitrogen and oxygen atoms in total. The van der Waals surface area contributed by atoms with Crippen molar-refractivity contribution >= 4 is 16.6 Å². The fourth-order valence-corrected chi connectivity index (χ4v) is 4.33. The number of nitrogens with one attached hydrogen (secondary N) is 1. The number of likely N-dealkylation sites (tertiary alicyclic amines) is 1. The van der Waals surface area contributed by atoms with Crippen molar-refractivity contribution in [2.45, 2.75) is 58.7 Å². The topological polar surface area (TPSA) is 50.3 Å². The zero-order valence-electron chi connectivity index (χ0n) is 18.9. The lowest BCUT2D eigenvalue weighted by molar-refractivity contribution is 0.0868. The van der Waals surface area contributed by atoms with Crippen LogP contribution < -0.4 is 10.1 Å². The summed E-state index contributed by atoms with van der Waals surface area (Å²) >= 11 is 0. The van der Waals surface area contributed by atoms with Gasteiger partial charge in [0, 0.05) is 17.3 Å². The molecular formula is C25H32N4O. The number of benzene rings is 2. The first kappa shape index (κ1) is 20.6. The number of rotatable bonds is 5. The Hall–Kier alpha value is -2.66. The van der Waals surface area contributed by atoms with Gasteiger partial charge in [-0.25, -0.2) is 0 Å². The lowest BCUT2D eigenvalue weighted by Gasteiger charge is -2.33. The number of hydrogen-bond donors (Lipinski definition) is 1. The van der Waals surface area contributed by atoms with Crippen molar-refractivity contribution in [3.8, 4) is 5.75 Å². The van der Waals surface area contributed by atoms with Crippen molar-refractivity contribution < 1.29 is 4.74 Å². The van der Waals surface area contributed by atoms with E-state index < -0.39 is 0 Å². The molecule has 1 N–H and O–H groups in total. The first-order chi connectivity index (χ1) is 14.3. The molecule has 0 amide bonds. The molecule has 2 aromatic carbocycles. The van der Waals surface area contributed by atoms with Crippen LogP contribution in [0.25, 0.3) is 10.8 Å². The van der Waals surface area contributed by atoms with Crippen LogP contribution in [0.1, 0.15) is 49.9 Å². The van der Waals surface area contributed by atoms with Crippen LogP contribution >= 0.6 is 0 Å². The minimum atomic E-state index is 0.0176. The highest BCUT2D eigenvalue weighted by molar-refractivity contribution is 5.92. The van der Waals surface area contributed by atoms with Gasteiger partial charge in [-0.1, -0.05) is 18.2 Å². The van der Waals surface area contributed by atoms with E-state index in [0.717, 1.165) is 35.3 Å². The molecule has 0 radical (unpaired) electrons. The molecule has 1 fully saturated rings. The zero-order valence-corrected chi connectivity index (χ0v) is 18.9. The molecule has 1 unspecified atom stereocenters. The van der Waals surface area contributed by atoms with E-state index in [1.807, 2.05) is 6.07 Å². The van der Waals surface area contributed by atoms with Crippen LogP contribution in [0.3, 0.4) is 0 Å². The summed E-state index contributed by atoms with van der Waals surface area (Å²) in [5, 5.41) is 14.3. The lowest BCUT2D eigenvalue weighted by Crippen LogP contribution is -2.45. The maximum absolute atomic E-state index is 6.43. The second-order valence-corrected chi connectivity index (χ2v) is 9.07. The molecule has 0 bridgehead atoms. The number of fused-ring (bicyclic) bond motifs is 1. The first-order valence-electron chi connectivity index (χ1n) is 10.7. The number of hydrogen-bond acceptors (Lipinski definition) is 5. The quantitative estimate of drug-likeness (QED) is 0.627. The Balaban J connectivity index is 1.63. The van der Waals surface area contributed by atoms with Crippen LogP contribution in [-0.4, -0.2) is 40.3 Å². The minimum absolute atomic E-state index is 0.0176. The van der Waals surface area contributed by atoms with E-state index in [1.165, 1.54) is 16.7 Å². The molecule has 0 aliphatic carbocycles. The highest BCUT2D eigenvalue weighted by atomic mass is 16.5. The van der Waals surface area contributed by atoms with Crippen LogP contribution in [0.15, 0.2) is 42.6 Å². The van der Waals surface area contributed by atoms with Crippen LogP contribution in [0.4, 0.5) is 5.82 Å². The summed E-state index contributed by atoms with van der Waals surface area (Å²) in [7, 11) is 2.16. The Morgan fingerprint density at radius 1 is 1.20 bits per heavy atom. The summed E-state index contributed by atoms with van der Waals surface area (Å²) in [5.41, 5.74) is 3.90. The van der Waals surface area contributed by atoms with E-state index >= 15 is 0 Å². The second-order valence-electron chi connectivity index (χ2n) is 9.07. The third kappa shape index (κ3) is 3.74. The van der Waals surface area contributed by atoms with Gasteiger partial charge in [-0.15, -0.1) is 5.10 Å². The molecule has 1 saturated heterocycles. The monoisotopic (exact) mass is 404 g/mol. The van der Waals surface area contributed by atoms with Gasteiger partial charge in [0.25, 0.3) is 0 Å². The smallest absolute Gasteiger partial charge is 0.157 e. The molecular weight excluding hydrogens is 372 g/mol. The molecule has 30 heavy (non-hydrogen) atoms. The highest BCUT2D eigenvalue weighted by Gasteiger charge is 2.40. The summed E-state index contributed by atoms with van der Waals surface area (Å²) in [6.45, 7) is 12.0. The Morgan fingerprint density at radius 2 is 2.00 bits per heavy atom. The number of nitrogens with zero attached hydrogens (tertiary/aromatic N) is 3. The summed E-state index contributed by atoms with van der Waals surface area (Å²) in [5.74, 6) is 1.67. The van der Waals surface area contributed by atoms with Crippen molar-refractivity contribution in [3.63, 3.8) is 0 Å². The van der Waals surface area contributed by atoms with Gasteiger partial charge in [0.05, 0.1) is 17.8 Å². The summed E-state index contributed by atoms with van der Waals surface area (Å²) < 4.78 is 6.43. The highest BCUT2D eigenvalue weighted by Crippen LogP contribution is 2.34. The zero-order chi connectivity index (χ0) is 21.5. The van der Waals surface area contributed by atoms with E-state index in [0.29, 0.717) is 0 Å². The van der Waals surface area contributed by atoms with Crippen LogP contribution in [0.5, 0.6) is 5.75 Å². The molecule has 1 aromatic heterocycles. The van der Waals surface area contributed by atoms with Gasteiger partial charge < -0.3 is 10.1 Å². The molecule has 3 aromatic rings. The predicted molar refractivity (Wildman–Crippen MR) is 123 cm³/mol. The maximum atomic E-state index is 6.43. The Kier molecular flexibility index (Phi) is 5.41. The normalized spacial score (nSPS) is 19.7. The van der Waals surface area contributed by atoms with E-state index in [9.17, 15) is 0 Å². The SMILES string of the molecule is Cc1cccc([C@@H](C)Nc2nncc3ccc(OC4CCN(C)C4(C)C)cc23)c1C. The maximum Gasteiger partial charge on any atom is 0.157 e. The Labute approximate surface area is 179 Å². The van der Waals surface area contributed by atoms with Gasteiger partial charge in [-0.2, -0.15) is 5.10 Å². The number of aromatic nitrogens is 2. The van der Waals surface area contributed by atoms with Crippen molar-refractivity contribution in [2.75, 3.05) is 18.9 Å². The number of likely N-dealkylation sites (N-methyl/N-ethyl adjacent to an activating group) is 1. The van der Waals surface area contributed by atoms with E-state index in [4.69, 9.17) is 4.74 Å². The molecule has 2 atom stereocenters. The van der Waals surface area contributed by atoms with Gasteiger partial charge in [-0.3, -0.25) is 4.90 Å². The van der Waals surface area contributed by atoms with Gasteiger partial charge >= 0.3 is 0 Å². The fourth-order valence-electron chi connectivity index (χ4n) is 4.33. The van der Waals surface area contributed by atoms with Crippen LogP contribution in [-0.2, 0) is 0 Å². The van der Waals surface area contributed by atoms with Gasteiger partial charge in [0.15, 0.2) is 5.82 Å². The van der Waals surface area contributed by atoms with Gasteiger partial charge in [-0.05, 0) is 83.0 Å². The summed E-state index contributed by atoms with van der Waals surface area (Å²) in [4.78, 5) is 2.36. The van der Waals surface area contributed by atoms with Crippen molar-refractivity contribution in [1.29, 1.82) is 0 Å². The molecule has 5 heteroatoms. The van der Waals surface area contributed by atoms with E-state index in [2.05, 4.69) is 92.4 Å². The van der Waals surface area contributed by atoms with Gasteiger partial charge in [0.2, 0.25) is 0 Å². The molecule has 4 rings (SSSR count). The summed E-state index contributed by atoms with van der Waals surface area (Å²) in [6, 6.07) is 12.8. The Morgan fingerprint density at radius 3 is 2.73 bits per heavy atom. The lowest BCUT2D eigenvalue weighted by atomic mass is 9.98. The molecule has 0 spiro atoms. The average molecular weight is 405 g/mol. The van der Waals surface area contributed by atoms with Crippen LogP contribution in [0, 0.1) is 13.8 Å². The Bertz CT molecular complexity index is 1060. The number of aryl methyl sites for hydroxylation is 1. The third-order valence-corrected chi connectivity index (χ3v) is 6.88.